The fraction of sp³-hybridized carbons (Fsp3) is 0.375. The summed E-state index contributed by atoms with van der Waals surface area (Å²) in [4.78, 5) is 20.0. The van der Waals surface area contributed by atoms with E-state index in [4.69, 9.17) is 38.5 Å². The zero-order valence-corrected chi connectivity index (χ0v) is 36.3. The monoisotopic (exact) mass is 750 g/mol. The smallest absolute Gasteiger partial charge is 1.00 e. The van der Waals surface area contributed by atoms with Gasteiger partial charge in [0, 0.05) is 25.9 Å². The first-order valence-electron chi connectivity index (χ1n) is 15.8. The third-order valence-corrected chi connectivity index (χ3v) is 7.72. The van der Waals surface area contributed by atoms with Crippen LogP contribution in [0.2, 0.25) is 0 Å². The van der Waals surface area contributed by atoms with Crippen molar-refractivity contribution < 1.29 is 57.6 Å². The molecule has 3 radical (unpaired) electrons. The van der Waals surface area contributed by atoms with E-state index >= 15 is 0 Å². The topological polar surface area (TPSA) is 66.4 Å². The first kappa shape index (κ1) is 54.5. The van der Waals surface area contributed by atoms with Crippen LogP contribution in [0.1, 0.15) is 64.3 Å². The molecule has 1 heterocycles. The molecule has 5 nitrogen and oxygen atoms in total. The van der Waals surface area contributed by atoms with Crippen molar-refractivity contribution in [3.8, 4) is 0 Å². The number of anilines is 2. The van der Waals surface area contributed by atoms with Gasteiger partial charge in [0.25, 0.3) is 0 Å². The summed E-state index contributed by atoms with van der Waals surface area (Å²) in [6.45, 7) is 28.2. The molecule has 0 saturated heterocycles. The van der Waals surface area contributed by atoms with Crippen LogP contribution < -0.4 is 52.6 Å². The average molecular weight is 752 g/mol. The summed E-state index contributed by atoms with van der Waals surface area (Å²) in [6.07, 6.45) is 8.05. The van der Waals surface area contributed by atoms with Gasteiger partial charge >= 0.3 is 29.6 Å². The number of hydrogen-bond donors (Lipinski definition) is 1. The zero-order chi connectivity index (χ0) is 36.1. The molecular formula is C40H57BCl3N3NaO2. The molecule has 0 spiro atoms. The van der Waals surface area contributed by atoms with Crippen LogP contribution >= 0.6 is 23.2 Å². The summed E-state index contributed by atoms with van der Waals surface area (Å²) >= 11 is 10.6. The number of carbonyl (C=O) groups excluding carboxylic acids is 2. The second-order valence-corrected chi connectivity index (χ2v) is 12.4. The maximum absolute atomic E-state index is 8.81. The molecule has 0 fully saturated rings. The van der Waals surface area contributed by atoms with Crippen LogP contribution in [0, 0.1) is 62.3 Å². The molecule has 0 unspecified atom stereocenters. The van der Waals surface area contributed by atoms with E-state index in [9.17, 15) is 0 Å². The summed E-state index contributed by atoms with van der Waals surface area (Å²) in [5.74, 6) is 1.49. The minimum absolute atomic E-state index is 0. The maximum atomic E-state index is 8.81. The van der Waals surface area contributed by atoms with Crippen molar-refractivity contribution >= 4 is 67.6 Å². The Morgan fingerprint density at radius 3 is 1.38 bits per heavy atom. The van der Waals surface area contributed by atoms with E-state index in [1.807, 2.05) is 13.8 Å². The molecule has 0 amide bonds. The molecule has 3 aromatic rings. The minimum Gasteiger partial charge on any atom is -1.00 e. The van der Waals surface area contributed by atoms with Gasteiger partial charge in [0.1, 0.15) is 24.5 Å². The van der Waals surface area contributed by atoms with Crippen LogP contribution in [-0.2, 0) is 9.59 Å². The molecule has 1 aliphatic heterocycles. The third kappa shape index (κ3) is 19.9. The molecule has 0 saturated carbocycles. The molecule has 4 rings (SSSR count). The van der Waals surface area contributed by atoms with Crippen molar-refractivity contribution in [2.75, 3.05) is 35.5 Å². The van der Waals surface area contributed by atoms with E-state index < -0.39 is 0 Å². The number of aryl methyl sites for hydroxylation is 9. The molecule has 1 aliphatic rings. The predicted molar refractivity (Wildman–Crippen MR) is 215 cm³/mol. The van der Waals surface area contributed by atoms with Crippen LogP contribution in [-0.4, -0.2) is 56.7 Å². The Morgan fingerprint density at radius 1 is 0.720 bits per heavy atom. The third-order valence-electron chi connectivity index (χ3n) is 7.18. The Hall–Kier alpha value is -2.32. The SMILES string of the molecule is C=CC=C.Cc1cc(C)c(N)c(C)c1.Cc1cc(C)c(N2C=[N+](c3c(C)cc(C)cc3C)CC2)c(C)c1.ClCCCCCl.O=CC=O.[B].[Cl-].[H-].[Na+]. The van der Waals surface area contributed by atoms with E-state index in [1.165, 1.54) is 61.4 Å². The molecule has 50 heavy (non-hydrogen) atoms. The maximum Gasteiger partial charge on any atom is 1.00 e. The molecular weight excluding hydrogens is 695 g/mol. The van der Waals surface area contributed by atoms with Gasteiger partial charge in [-0.2, -0.15) is 0 Å². The fourth-order valence-electron chi connectivity index (χ4n) is 5.47. The van der Waals surface area contributed by atoms with E-state index in [0.717, 1.165) is 43.4 Å². The molecule has 0 bridgehead atoms. The number of nitrogen functional groups attached to an aromatic ring is 1. The summed E-state index contributed by atoms with van der Waals surface area (Å²) in [7, 11) is 0. The number of rotatable bonds is 7. The van der Waals surface area contributed by atoms with Crippen molar-refractivity contribution in [2.45, 2.75) is 75.2 Å². The van der Waals surface area contributed by atoms with Gasteiger partial charge in [0.2, 0.25) is 6.34 Å². The summed E-state index contributed by atoms with van der Waals surface area (Å²) in [6, 6.07) is 13.3. The summed E-state index contributed by atoms with van der Waals surface area (Å²) < 4.78 is 2.41. The van der Waals surface area contributed by atoms with Gasteiger partial charge in [-0.05, 0) is 109 Å². The molecule has 3 aromatic carbocycles. The molecule has 0 aromatic heterocycles. The summed E-state index contributed by atoms with van der Waals surface area (Å²) in [5, 5.41) is 0. The van der Waals surface area contributed by atoms with Gasteiger partial charge in [0.05, 0.1) is 0 Å². The molecule has 0 aliphatic carbocycles. The van der Waals surface area contributed by atoms with Gasteiger partial charge in [0.15, 0.2) is 12.6 Å². The Balaban J connectivity index is -0.000000211. The number of unbranched alkanes of at least 4 members (excludes halogenated alkanes) is 1. The van der Waals surface area contributed by atoms with Crippen molar-refractivity contribution in [1.82, 2.24) is 0 Å². The number of nitrogens with zero attached hydrogens (tertiary/aromatic N) is 2. The van der Waals surface area contributed by atoms with Crippen molar-refractivity contribution in [3.63, 3.8) is 0 Å². The normalized spacial score (nSPS) is 10.5. The number of alkyl halides is 2. The Morgan fingerprint density at radius 2 is 1.06 bits per heavy atom. The number of halogens is 3. The number of nitrogens with two attached hydrogens (primary N) is 1. The molecule has 2 N–H and O–H groups in total. The van der Waals surface area contributed by atoms with Crippen molar-refractivity contribution in [1.29, 1.82) is 0 Å². The largest absolute Gasteiger partial charge is 1.00 e. The Kier molecular flexibility index (Phi) is 33.0. The van der Waals surface area contributed by atoms with E-state index in [0.29, 0.717) is 0 Å². The number of carbonyl (C=O) groups is 2. The second kappa shape index (κ2) is 30.3. The number of benzene rings is 3. The first-order valence-corrected chi connectivity index (χ1v) is 16.9. The van der Waals surface area contributed by atoms with E-state index in [-0.39, 0.29) is 64.4 Å². The predicted octanol–water partition coefficient (Wildman–Crippen LogP) is 3.65. The first-order chi connectivity index (χ1) is 22.2. The van der Waals surface area contributed by atoms with Gasteiger partial charge in [-0.25, -0.2) is 9.48 Å². The van der Waals surface area contributed by atoms with Crippen molar-refractivity contribution in [3.05, 3.63) is 112 Å². The van der Waals surface area contributed by atoms with Crippen LogP contribution in [0.25, 0.3) is 0 Å². The number of allylic oxidation sites excluding steroid dienone is 2. The minimum atomic E-state index is 0. The number of aldehydes is 2. The Bertz CT molecular complexity index is 1420. The van der Waals surface area contributed by atoms with Crippen LogP contribution in [0.5, 0.6) is 0 Å². The average Bonchev–Trinajstić information content (AvgIpc) is 3.47. The second-order valence-electron chi connectivity index (χ2n) is 11.6. The van der Waals surface area contributed by atoms with Crippen LogP contribution in [0.3, 0.4) is 0 Å². The zero-order valence-electron chi connectivity index (χ0n) is 33.0. The Labute approximate surface area is 345 Å². The molecule has 10 heteroatoms. The van der Waals surface area contributed by atoms with E-state index in [2.05, 4.69) is 114 Å². The van der Waals surface area contributed by atoms with Gasteiger partial charge in [-0.3, -0.25) is 9.59 Å². The van der Waals surface area contributed by atoms with Gasteiger partial charge in [-0.1, -0.05) is 78.4 Å². The molecule has 0 atom stereocenters. The summed E-state index contributed by atoms with van der Waals surface area (Å²) in [5.41, 5.74) is 21.1. The molecule has 269 valence electrons. The van der Waals surface area contributed by atoms with Crippen molar-refractivity contribution in [2.24, 2.45) is 0 Å². The van der Waals surface area contributed by atoms with Crippen LogP contribution in [0.15, 0.2) is 61.7 Å². The quantitative estimate of drug-likeness (QED) is 0.0586. The number of hydrogen-bond acceptors (Lipinski definition) is 4. The van der Waals surface area contributed by atoms with E-state index in [1.54, 1.807) is 12.2 Å². The van der Waals surface area contributed by atoms with Crippen LogP contribution in [0.4, 0.5) is 17.1 Å². The standard InChI is InChI=1S/C21H27N2.C9H13N.C4H8Cl2.C4H6.C2H2O2.B.ClH.Na.H/c1-14-9-16(3)20(17(4)10-14)22-7-8-23(13-22)21-18(5)11-15(2)12-19(21)6;1-6-4-7(2)9(10)8(3)5-6;5-3-1-2-4-6;1-3-4-2;3-1-2-4;;;;/h9-13H,7-8H2,1-6H3;4-5H,10H2,1-3H3;1-4H2;3-4H,1-2H2;1-2H;;1H;;/q+1;;;;;;;+1;-1/p-1. The van der Waals surface area contributed by atoms with Gasteiger partial charge in [-0.15, -0.1) is 23.2 Å². The van der Waals surface area contributed by atoms with Gasteiger partial charge < -0.3 is 19.6 Å². The fourth-order valence-corrected chi connectivity index (χ4v) is 5.85.